The van der Waals surface area contributed by atoms with Crippen molar-refractivity contribution in [1.29, 1.82) is 0 Å². The van der Waals surface area contributed by atoms with Crippen molar-refractivity contribution in [3.63, 3.8) is 0 Å². The minimum atomic E-state index is -0.879. The summed E-state index contributed by atoms with van der Waals surface area (Å²) in [6, 6.07) is 10.6. The largest absolute Gasteiger partial charge is 0.478 e. The molecule has 1 rings (SSSR count). The van der Waals surface area contributed by atoms with E-state index in [1.54, 1.807) is 0 Å². The van der Waals surface area contributed by atoms with E-state index in [9.17, 15) is 4.79 Å². The number of rotatable bonds is 6. The van der Waals surface area contributed by atoms with E-state index in [1.807, 2.05) is 25.1 Å². The van der Waals surface area contributed by atoms with Gasteiger partial charge in [-0.15, -0.1) is 0 Å². The van der Waals surface area contributed by atoms with Crippen LogP contribution in [0.2, 0.25) is 0 Å². The highest BCUT2D eigenvalue weighted by atomic mass is 16.4. The molecule has 0 radical (unpaired) electrons. The Hall–Kier alpha value is -1.61. The highest BCUT2D eigenvalue weighted by Gasteiger charge is 2.11. The van der Waals surface area contributed by atoms with Crippen LogP contribution in [0.5, 0.6) is 0 Å². The van der Waals surface area contributed by atoms with Gasteiger partial charge in [0, 0.05) is 25.2 Å². The lowest BCUT2D eigenvalue weighted by Crippen LogP contribution is -2.32. The lowest BCUT2D eigenvalue weighted by atomic mass is 10.1. The molecule has 3 heteroatoms. The van der Waals surface area contributed by atoms with Crippen molar-refractivity contribution in [2.45, 2.75) is 33.4 Å². The Labute approximate surface area is 109 Å². The fourth-order valence-electron chi connectivity index (χ4n) is 1.82. The van der Waals surface area contributed by atoms with Crippen LogP contribution in [-0.2, 0) is 11.3 Å². The quantitative estimate of drug-likeness (QED) is 0.786. The zero-order valence-corrected chi connectivity index (χ0v) is 11.3. The predicted molar refractivity (Wildman–Crippen MR) is 73.4 cm³/mol. The number of hydrogen-bond donors (Lipinski definition) is 1. The van der Waals surface area contributed by atoms with E-state index in [0.717, 1.165) is 12.1 Å². The van der Waals surface area contributed by atoms with Crippen molar-refractivity contribution in [2.24, 2.45) is 0 Å². The van der Waals surface area contributed by atoms with Crippen LogP contribution in [0.1, 0.15) is 26.3 Å². The second-order valence-electron chi connectivity index (χ2n) is 4.81. The topological polar surface area (TPSA) is 40.5 Å². The highest BCUT2D eigenvalue weighted by Crippen LogP contribution is 2.10. The molecule has 0 aliphatic rings. The van der Waals surface area contributed by atoms with Gasteiger partial charge in [-0.1, -0.05) is 35.9 Å². The normalized spacial score (nSPS) is 12.2. The number of hydrogen-bond acceptors (Lipinski definition) is 2. The lowest BCUT2D eigenvalue weighted by molar-refractivity contribution is -0.131. The summed E-state index contributed by atoms with van der Waals surface area (Å²) in [6.07, 6.45) is 1.28. The molecule has 0 aromatic heterocycles. The van der Waals surface area contributed by atoms with Gasteiger partial charge in [0.15, 0.2) is 0 Å². The maximum Gasteiger partial charge on any atom is 0.328 e. The van der Waals surface area contributed by atoms with Crippen LogP contribution in [0.3, 0.4) is 0 Å². The number of carbonyl (C=O) groups is 1. The third-order valence-electron chi connectivity index (χ3n) is 2.78. The summed E-state index contributed by atoms with van der Waals surface area (Å²) in [4.78, 5) is 12.9. The molecule has 1 aromatic rings. The summed E-state index contributed by atoms with van der Waals surface area (Å²) in [5.74, 6) is -0.879. The monoisotopic (exact) mass is 247 g/mol. The van der Waals surface area contributed by atoms with Gasteiger partial charge in [-0.3, -0.25) is 4.90 Å². The van der Waals surface area contributed by atoms with E-state index < -0.39 is 5.97 Å². The van der Waals surface area contributed by atoms with Gasteiger partial charge >= 0.3 is 5.97 Å². The lowest BCUT2D eigenvalue weighted by Gasteiger charge is -2.26. The number of nitrogens with zero attached hydrogens (tertiary/aromatic N) is 1. The van der Waals surface area contributed by atoms with Crippen LogP contribution in [0.15, 0.2) is 42.0 Å². The standard InChI is InChI=1S/C15H21NO2/c1-12(2)16(10-13(3)9-15(17)18)11-14-7-5-4-6-8-14/h4-9,12H,10-11H2,1-3H3,(H,17,18). The summed E-state index contributed by atoms with van der Waals surface area (Å²) in [6.45, 7) is 7.62. The van der Waals surface area contributed by atoms with Gasteiger partial charge in [0.1, 0.15) is 0 Å². The number of carboxylic acid groups (broad SMARTS) is 1. The van der Waals surface area contributed by atoms with Crippen molar-refractivity contribution < 1.29 is 9.90 Å². The maximum absolute atomic E-state index is 10.6. The van der Waals surface area contributed by atoms with Gasteiger partial charge < -0.3 is 5.11 Å². The molecular weight excluding hydrogens is 226 g/mol. The van der Waals surface area contributed by atoms with Gasteiger partial charge in [-0.2, -0.15) is 0 Å². The maximum atomic E-state index is 10.6. The first-order valence-corrected chi connectivity index (χ1v) is 6.17. The zero-order valence-electron chi connectivity index (χ0n) is 11.3. The minimum Gasteiger partial charge on any atom is -0.478 e. The minimum absolute atomic E-state index is 0.377. The van der Waals surface area contributed by atoms with Crippen molar-refractivity contribution in [2.75, 3.05) is 6.54 Å². The van der Waals surface area contributed by atoms with Crippen molar-refractivity contribution in [1.82, 2.24) is 4.90 Å². The van der Waals surface area contributed by atoms with Gasteiger partial charge in [-0.25, -0.2) is 4.79 Å². The molecule has 18 heavy (non-hydrogen) atoms. The number of benzene rings is 1. The van der Waals surface area contributed by atoms with Gasteiger partial charge in [-0.05, 0) is 26.3 Å². The van der Waals surface area contributed by atoms with Gasteiger partial charge in [0.25, 0.3) is 0 Å². The molecule has 0 unspecified atom stereocenters. The summed E-state index contributed by atoms with van der Waals surface area (Å²) in [5, 5.41) is 8.73. The van der Waals surface area contributed by atoms with Crippen LogP contribution >= 0.6 is 0 Å². The molecule has 98 valence electrons. The molecule has 0 aliphatic heterocycles. The van der Waals surface area contributed by atoms with Gasteiger partial charge in [0.05, 0.1) is 0 Å². The molecule has 0 aliphatic carbocycles. The molecule has 0 atom stereocenters. The first-order valence-electron chi connectivity index (χ1n) is 6.17. The van der Waals surface area contributed by atoms with Crippen molar-refractivity contribution in [3.8, 4) is 0 Å². The van der Waals surface area contributed by atoms with E-state index in [4.69, 9.17) is 5.11 Å². The Kier molecular flexibility index (Phi) is 5.59. The SMILES string of the molecule is CC(=CC(=O)O)CN(Cc1ccccc1)C(C)C. The molecule has 0 spiro atoms. The summed E-state index contributed by atoms with van der Waals surface area (Å²) >= 11 is 0. The fraction of sp³-hybridized carbons (Fsp3) is 0.400. The predicted octanol–water partition coefficient (Wildman–Crippen LogP) is 2.93. The average Bonchev–Trinajstić information content (AvgIpc) is 2.28. The Bertz CT molecular complexity index is 410. The molecule has 0 saturated carbocycles. The van der Waals surface area contributed by atoms with Crippen molar-refractivity contribution in [3.05, 3.63) is 47.5 Å². The van der Waals surface area contributed by atoms with E-state index in [1.165, 1.54) is 11.6 Å². The second kappa shape index (κ2) is 6.97. The van der Waals surface area contributed by atoms with Crippen molar-refractivity contribution >= 4 is 5.97 Å². The van der Waals surface area contributed by atoms with Crippen LogP contribution in [0, 0.1) is 0 Å². The number of aliphatic carboxylic acids is 1. The molecule has 0 heterocycles. The number of carboxylic acids is 1. The molecule has 0 amide bonds. The second-order valence-corrected chi connectivity index (χ2v) is 4.81. The van der Waals surface area contributed by atoms with E-state index in [0.29, 0.717) is 12.6 Å². The van der Waals surface area contributed by atoms with Crippen LogP contribution in [0.4, 0.5) is 0 Å². The molecular formula is C15H21NO2. The van der Waals surface area contributed by atoms with Crippen LogP contribution < -0.4 is 0 Å². The van der Waals surface area contributed by atoms with Crippen LogP contribution in [-0.4, -0.2) is 28.6 Å². The Morgan fingerprint density at radius 2 is 1.94 bits per heavy atom. The van der Waals surface area contributed by atoms with E-state index in [2.05, 4.69) is 30.9 Å². The molecule has 3 nitrogen and oxygen atoms in total. The summed E-state index contributed by atoms with van der Waals surface area (Å²) in [7, 11) is 0. The first-order chi connectivity index (χ1) is 8.49. The third-order valence-corrected chi connectivity index (χ3v) is 2.78. The molecule has 0 bridgehead atoms. The zero-order chi connectivity index (χ0) is 13.5. The Morgan fingerprint density at radius 1 is 1.33 bits per heavy atom. The highest BCUT2D eigenvalue weighted by molar-refractivity contribution is 5.80. The van der Waals surface area contributed by atoms with E-state index in [-0.39, 0.29) is 0 Å². The van der Waals surface area contributed by atoms with E-state index >= 15 is 0 Å². The average molecular weight is 247 g/mol. The Balaban J connectivity index is 2.69. The summed E-state index contributed by atoms with van der Waals surface area (Å²) < 4.78 is 0. The smallest absolute Gasteiger partial charge is 0.328 e. The third kappa shape index (κ3) is 5.15. The molecule has 0 saturated heterocycles. The molecule has 0 fully saturated rings. The van der Waals surface area contributed by atoms with Crippen LogP contribution in [0.25, 0.3) is 0 Å². The summed E-state index contributed by atoms with van der Waals surface area (Å²) in [5.41, 5.74) is 2.11. The fourth-order valence-corrected chi connectivity index (χ4v) is 1.82. The molecule has 1 N–H and O–H groups in total. The Morgan fingerprint density at radius 3 is 2.44 bits per heavy atom. The van der Waals surface area contributed by atoms with Gasteiger partial charge in [0.2, 0.25) is 0 Å². The first kappa shape index (κ1) is 14.5. The molecule has 1 aromatic carbocycles.